The molecule has 0 amide bonds. The van der Waals surface area contributed by atoms with Crippen LogP contribution in [0.2, 0.25) is 6.04 Å². The average molecular weight is 354 g/mol. The number of benzene rings is 1. The van der Waals surface area contributed by atoms with Gasteiger partial charge in [0.25, 0.3) is 0 Å². The van der Waals surface area contributed by atoms with Crippen LogP contribution in [0.25, 0.3) is 0 Å². The maximum atomic E-state index is 13.6. The normalized spacial score (nSPS) is 12.0. The SMILES string of the molecule is CCO[Si](CCCc1cc(F)c(F)c(F)c1F)(OCC)OCC. The number of hydrogen-bond donors (Lipinski definition) is 0. The van der Waals surface area contributed by atoms with Crippen LogP contribution in [0.1, 0.15) is 32.8 Å². The molecular weight excluding hydrogens is 332 g/mol. The molecule has 0 fully saturated rings. The summed E-state index contributed by atoms with van der Waals surface area (Å²) in [6.07, 6.45) is 0.371. The Morgan fingerprint density at radius 1 is 0.826 bits per heavy atom. The zero-order chi connectivity index (χ0) is 17.5. The lowest BCUT2D eigenvalue weighted by molar-refractivity contribution is 0.0708. The van der Waals surface area contributed by atoms with Gasteiger partial charge in [0.15, 0.2) is 23.3 Å². The van der Waals surface area contributed by atoms with Crippen LogP contribution in [0.3, 0.4) is 0 Å². The van der Waals surface area contributed by atoms with E-state index < -0.39 is 32.1 Å². The van der Waals surface area contributed by atoms with Gasteiger partial charge in [0.1, 0.15) is 0 Å². The largest absolute Gasteiger partial charge is 0.500 e. The third-order valence-electron chi connectivity index (χ3n) is 3.20. The zero-order valence-corrected chi connectivity index (χ0v) is 14.6. The quantitative estimate of drug-likeness (QED) is 0.272. The average Bonchev–Trinajstić information content (AvgIpc) is 2.51. The summed E-state index contributed by atoms with van der Waals surface area (Å²) in [4.78, 5) is 0. The highest BCUT2D eigenvalue weighted by Gasteiger charge is 2.39. The summed E-state index contributed by atoms with van der Waals surface area (Å²) in [5.74, 6) is -6.35. The molecule has 0 unspecified atom stereocenters. The Balaban J connectivity index is 2.80. The minimum Gasteiger partial charge on any atom is -0.374 e. The first-order chi connectivity index (χ1) is 10.9. The van der Waals surface area contributed by atoms with Gasteiger partial charge in [0, 0.05) is 25.9 Å². The molecule has 3 nitrogen and oxygen atoms in total. The highest BCUT2D eigenvalue weighted by atomic mass is 28.4. The van der Waals surface area contributed by atoms with Crippen LogP contribution in [0, 0.1) is 23.3 Å². The van der Waals surface area contributed by atoms with Crippen molar-refractivity contribution >= 4 is 8.80 Å². The van der Waals surface area contributed by atoms with Gasteiger partial charge < -0.3 is 13.3 Å². The van der Waals surface area contributed by atoms with Crippen LogP contribution in [-0.4, -0.2) is 28.6 Å². The summed E-state index contributed by atoms with van der Waals surface area (Å²) in [7, 11) is -2.89. The second kappa shape index (κ2) is 9.36. The highest BCUT2D eigenvalue weighted by molar-refractivity contribution is 6.60. The van der Waals surface area contributed by atoms with Crippen molar-refractivity contribution in [2.75, 3.05) is 19.8 Å². The van der Waals surface area contributed by atoms with Gasteiger partial charge in [0.05, 0.1) is 0 Å². The molecule has 0 bridgehead atoms. The minimum absolute atomic E-state index is 0.0297. The monoisotopic (exact) mass is 354 g/mol. The number of rotatable bonds is 10. The number of halogens is 4. The van der Waals surface area contributed by atoms with E-state index in [4.69, 9.17) is 13.3 Å². The summed E-state index contributed by atoms with van der Waals surface area (Å²) in [6.45, 7) is 6.64. The Morgan fingerprint density at radius 2 is 1.35 bits per heavy atom. The van der Waals surface area contributed by atoms with E-state index >= 15 is 0 Å². The molecule has 1 aromatic rings. The van der Waals surface area contributed by atoms with E-state index in [2.05, 4.69) is 0 Å². The molecule has 0 saturated carbocycles. The fourth-order valence-corrected chi connectivity index (χ4v) is 4.91. The molecule has 0 radical (unpaired) electrons. The first-order valence-corrected chi connectivity index (χ1v) is 9.57. The van der Waals surface area contributed by atoms with Gasteiger partial charge in [-0.05, 0) is 45.2 Å². The molecule has 1 aromatic carbocycles. The summed E-state index contributed by atoms with van der Waals surface area (Å²) in [5, 5.41) is 0. The lowest BCUT2D eigenvalue weighted by Gasteiger charge is -2.28. The van der Waals surface area contributed by atoms with E-state index in [1.54, 1.807) is 0 Å². The third-order valence-corrected chi connectivity index (χ3v) is 6.35. The van der Waals surface area contributed by atoms with Crippen molar-refractivity contribution in [3.05, 3.63) is 34.9 Å². The lowest BCUT2D eigenvalue weighted by atomic mass is 10.1. The van der Waals surface area contributed by atoms with Gasteiger partial charge in [-0.3, -0.25) is 0 Å². The lowest BCUT2D eigenvalue weighted by Crippen LogP contribution is -2.46. The second-order valence-electron chi connectivity index (χ2n) is 4.80. The van der Waals surface area contributed by atoms with Crippen LogP contribution in [0.5, 0.6) is 0 Å². The van der Waals surface area contributed by atoms with Crippen molar-refractivity contribution in [3.8, 4) is 0 Å². The minimum atomic E-state index is -2.89. The predicted octanol–water partition coefficient (Wildman–Crippen LogP) is 4.22. The number of hydrogen-bond acceptors (Lipinski definition) is 3. The smallest absolute Gasteiger partial charge is 0.374 e. The standard InChI is InChI=1S/C15H22F4O3Si/c1-4-20-23(21-5-2,22-6-3)9-7-8-11-10-12(16)14(18)15(19)13(11)17/h10H,4-9H2,1-3H3. The van der Waals surface area contributed by atoms with Gasteiger partial charge >= 0.3 is 8.80 Å². The fourth-order valence-electron chi connectivity index (χ4n) is 2.30. The highest BCUT2D eigenvalue weighted by Crippen LogP contribution is 2.23. The predicted molar refractivity (Wildman–Crippen MR) is 80.0 cm³/mol. The Hall–Kier alpha value is -0.963. The molecule has 0 heterocycles. The summed E-state index contributed by atoms with van der Waals surface area (Å²) >= 11 is 0. The van der Waals surface area contributed by atoms with Crippen molar-refractivity contribution in [1.29, 1.82) is 0 Å². The summed E-state index contributed by atoms with van der Waals surface area (Å²) in [6, 6.07) is 1.06. The fraction of sp³-hybridized carbons (Fsp3) is 0.600. The van der Waals surface area contributed by atoms with Crippen molar-refractivity contribution in [1.82, 2.24) is 0 Å². The Bertz CT molecular complexity index is 497. The van der Waals surface area contributed by atoms with Gasteiger partial charge in [0.2, 0.25) is 0 Å². The van der Waals surface area contributed by atoms with Crippen LogP contribution in [-0.2, 0) is 19.7 Å². The molecule has 0 aliphatic carbocycles. The first kappa shape index (κ1) is 20.1. The van der Waals surface area contributed by atoms with E-state index in [9.17, 15) is 17.6 Å². The van der Waals surface area contributed by atoms with Gasteiger partial charge in [-0.2, -0.15) is 0 Å². The van der Waals surface area contributed by atoms with Crippen LogP contribution in [0.15, 0.2) is 6.07 Å². The van der Waals surface area contributed by atoms with E-state index in [0.29, 0.717) is 38.4 Å². The van der Waals surface area contributed by atoms with Crippen LogP contribution < -0.4 is 0 Å². The summed E-state index contributed by atoms with van der Waals surface area (Å²) in [5.41, 5.74) is -0.214. The molecule has 0 atom stereocenters. The molecule has 0 saturated heterocycles. The van der Waals surface area contributed by atoms with Gasteiger partial charge in [-0.1, -0.05) is 0 Å². The first-order valence-electron chi connectivity index (χ1n) is 7.64. The Morgan fingerprint density at radius 3 is 1.83 bits per heavy atom. The van der Waals surface area contributed by atoms with Crippen molar-refractivity contribution < 1.29 is 30.8 Å². The Labute approximate surface area is 134 Å². The van der Waals surface area contributed by atoms with Crippen LogP contribution in [0.4, 0.5) is 17.6 Å². The molecule has 8 heteroatoms. The van der Waals surface area contributed by atoms with Crippen molar-refractivity contribution in [2.24, 2.45) is 0 Å². The van der Waals surface area contributed by atoms with Gasteiger partial charge in [-0.15, -0.1) is 0 Å². The van der Waals surface area contributed by atoms with E-state index in [1.165, 1.54) is 0 Å². The topological polar surface area (TPSA) is 27.7 Å². The summed E-state index contributed by atoms with van der Waals surface area (Å²) < 4.78 is 69.9. The van der Waals surface area contributed by atoms with Crippen LogP contribution >= 0.6 is 0 Å². The maximum absolute atomic E-state index is 13.6. The van der Waals surface area contributed by atoms with E-state index in [-0.39, 0.29) is 12.0 Å². The van der Waals surface area contributed by atoms with Gasteiger partial charge in [-0.25, -0.2) is 17.6 Å². The van der Waals surface area contributed by atoms with E-state index in [0.717, 1.165) is 0 Å². The molecule has 0 aliphatic rings. The molecule has 0 aliphatic heterocycles. The van der Waals surface area contributed by atoms with Crippen molar-refractivity contribution in [2.45, 2.75) is 39.7 Å². The second-order valence-corrected chi connectivity index (χ2v) is 7.53. The maximum Gasteiger partial charge on any atom is 0.500 e. The zero-order valence-electron chi connectivity index (χ0n) is 13.6. The van der Waals surface area contributed by atoms with E-state index in [1.807, 2.05) is 20.8 Å². The molecule has 0 spiro atoms. The van der Waals surface area contributed by atoms with Crippen molar-refractivity contribution in [3.63, 3.8) is 0 Å². The number of aryl methyl sites for hydroxylation is 1. The molecular formula is C15H22F4O3Si. The third kappa shape index (κ3) is 5.27. The molecule has 132 valence electrons. The Kier molecular flexibility index (Phi) is 8.17. The molecule has 0 N–H and O–H groups in total. The molecule has 23 heavy (non-hydrogen) atoms. The molecule has 0 aromatic heterocycles. The molecule has 1 rings (SSSR count).